The van der Waals surface area contributed by atoms with Crippen molar-refractivity contribution in [2.24, 2.45) is 17.6 Å². The molecular weight excluding hydrogens is 314 g/mol. The van der Waals surface area contributed by atoms with Crippen LogP contribution in [0.15, 0.2) is 42.5 Å². The Morgan fingerprint density at radius 1 is 1.00 bits per heavy atom. The molecule has 2 aliphatic carbocycles. The van der Waals surface area contributed by atoms with Gasteiger partial charge in [-0.15, -0.1) is 0 Å². The summed E-state index contributed by atoms with van der Waals surface area (Å²) >= 11 is 0. The molecule has 2 aromatic rings. The van der Waals surface area contributed by atoms with Crippen LogP contribution in [0, 0.1) is 11.8 Å². The largest absolute Gasteiger partial charge is 0.493 e. The number of fused-ring (bicyclic) bond motifs is 2. The minimum Gasteiger partial charge on any atom is -0.493 e. The van der Waals surface area contributed by atoms with Crippen LogP contribution in [0.4, 0.5) is 0 Å². The molecular formula is C21H23NO3. The normalized spacial score (nSPS) is 24.3. The Bertz CT molecular complexity index is 784. The number of benzene rings is 2. The lowest BCUT2D eigenvalue weighted by Crippen LogP contribution is -2.23. The van der Waals surface area contributed by atoms with Gasteiger partial charge >= 0.3 is 0 Å². The van der Waals surface area contributed by atoms with Crippen molar-refractivity contribution in [3.8, 4) is 22.6 Å². The number of methoxy groups -OCH3 is 1. The Labute approximate surface area is 147 Å². The third-order valence-corrected chi connectivity index (χ3v) is 5.62. The molecule has 2 unspecified atom stereocenters. The summed E-state index contributed by atoms with van der Waals surface area (Å²) in [5, 5.41) is 0. The maximum Gasteiger partial charge on any atom is 0.248 e. The summed E-state index contributed by atoms with van der Waals surface area (Å²) in [4.78, 5) is 11.2. The molecule has 4 rings (SSSR count). The molecule has 3 atom stereocenters. The van der Waals surface area contributed by atoms with Gasteiger partial charge in [-0.3, -0.25) is 4.79 Å². The molecule has 0 saturated heterocycles. The lowest BCUT2D eigenvalue weighted by molar-refractivity contribution is 0.100. The van der Waals surface area contributed by atoms with Crippen molar-refractivity contribution in [3.63, 3.8) is 0 Å². The van der Waals surface area contributed by atoms with Crippen LogP contribution in [-0.2, 0) is 0 Å². The number of carbonyl (C=O) groups is 1. The van der Waals surface area contributed by atoms with Crippen molar-refractivity contribution >= 4 is 5.91 Å². The molecule has 0 radical (unpaired) electrons. The van der Waals surface area contributed by atoms with Gasteiger partial charge in [-0.2, -0.15) is 0 Å². The Morgan fingerprint density at radius 2 is 1.76 bits per heavy atom. The number of carbonyl (C=O) groups excluding carboxylic acids is 1. The fourth-order valence-corrected chi connectivity index (χ4v) is 4.27. The van der Waals surface area contributed by atoms with Crippen molar-refractivity contribution in [2.75, 3.05) is 7.11 Å². The molecule has 2 fully saturated rings. The highest BCUT2D eigenvalue weighted by Crippen LogP contribution is 2.47. The molecule has 2 aliphatic rings. The monoisotopic (exact) mass is 337 g/mol. The minimum atomic E-state index is -0.415. The standard InChI is InChI=1S/C21H23NO3/c1-24-18-9-8-16(14-4-6-15(7-5-14)21(22)23)12-20(18)25-19-11-13-2-3-17(19)10-13/h4-9,12-13,17,19H,2-3,10-11H2,1H3,(H2,22,23)/t13?,17?,19-/m0/s1. The van der Waals surface area contributed by atoms with E-state index in [1.54, 1.807) is 19.2 Å². The lowest BCUT2D eigenvalue weighted by Gasteiger charge is -2.24. The number of ether oxygens (including phenoxy) is 2. The van der Waals surface area contributed by atoms with E-state index in [9.17, 15) is 4.79 Å². The van der Waals surface area contributed by atoms with Gasteiger partial charge in [0, 0.05) is 5.56 Å². The zero-order valence-electron chi connectivity index (χ0n) is 14.4. The third kappa shape index (κ3) is 3.09. The molecule has 0 spiro atoms. The molecule has 0 heterocycles. The Hall–Kier alpha value is -2.49. The van der Waals surface area contributed by atoms with Gasteiger partial charge < -0.3 is 15.2 Å². The summed E-state index contributed by atoms with van der Waals surface area (Å²) in [6.45, 7) is 0. The first-order valence-electron chi connectivity index (χ1n) is 8.89. The van der Waals surface area contributed by atoms with Crippen LogP contribution in [0.3, 0.4) is 0 Å². The predicted molar refractivity (Wildman–Crippen MR) is 96.8 cm³/mol. The highest BCUT2D eigenvalue weighted by atomic mass is 16.5. The summed E-state index contributed by atoms with van der Waals surface area (Å²) in [5.74, 6) is 2.68. The summed E-state index contributed by atoms with van der Waals surface area (Å²) in [6.07, 6.45) is 5.41. The number of nitrogens with two attached hydrogens (primary N) is 1. The van der Waals surface area contributed by atoms with Crippen molar-refractivity contribution in [1.82, 2.24) is 0 Å². The predicted octanol–water partition coefficient (Wildman–Crippen LogP) is 4.03. The van der Waals surface area contributed by atoms with E-state index in [1.165, 1.54) is 19.3 Å². The van der Waals surface area contributed by atoms with Crippen LogP contribution in [0.2, 0.25) is 0 Å². The Kier molecular flexibility index (Phi) is 4.12. The number of hydrogen-bond donors (Lipinski definition) is 1. The first kappa shape index (κ1) is 16.0. The van der Waals surface area contributed by atoms with E-state index in [0.717, 1.165) is 35.0 Å². The number of hydrogen-bond acceptors (Lipinski definition) is 3. The number of rotatable bonds is 5. The molecule has 2 N–H and O–H groups in total. The van der Waals surface area contributed by atoms with Gasteiger partial charge in [0.15, 0.2) is 11.5 Å². The second-order valence-electron chi connectivity index (χ2n) is 7.14. The van der Waals surface area contributed by atoms with Gasteiger partial charge in [-0.05, 0) is 72.9 Å². The van der Waals surface area contributed by atoms with Crippen molar-refractivity contribution in [2.45, 2.75) is 31.8 Å². The van der Waals surface area contributed by atoms with E-state index < -0.39 is 5.91 Å². The summed E-state index contributed by atoms with van der Waals surface area (Å²) in [5.41, 5.74) is 7.88. The van der Waals surface area contributed by atoms with Gasteiger partial charge in [0.25, 0.3) is 0 Å². The van der Waals surface area contributed by atoms with E-state index in [1.807, 2.05) is 30.3 Å². The van der Waals surface area contributed by atoms with Gasteiger partial charge in [0.2, 0.25) is 5.91 Å². The molecule has 130 valence electrons. The van der Waals surface area contributed by atoms with Crippen LogP contribution in [0.1, 0.15) is 36.0 Å². The zero-order chi connectivity index (χ0) is 17.4. The molecule has 4 heteroatoms. The average molecular weight is 337 g/mol. The molecule has 25 heavy (non-hydrogen) atoms. The third-order valence-electron chi connectivity index (χ3n) is 5.62. The van der Waals surface area contributed by atoms with Gasteiger partial charge in [-0.1, -0.05) is 18.2 Å². The average Bonchev–Trinajstić information content (AvgIpc) is 3.25. The molecule has 4 nitrogen and oxygen atoms in total. The maximum atomic E-state index is 11.2. The summed E-state index contributed by atoms with van der Waals surface area (Å²) in [7, 11) is 1.67. The number of primary amides is 1. The van der Waals surface area contributed by atoms with Gasteiger partial charge in [0.1, 0.15) is 6.10 Å². The van der Waals surface area contributed by atoms with Crippen molar-refractivity contribution in [3.05, 3.63) is 48.0 Å². The molecule has 2 bridgehead atoms. The fraction of sp³-hybridized carbons (Fsp3) is 0.381. The van der Waals surface area contributed by atoms with Gasteiger partial charge in [0.05, 0.1) is 7.11 Å². The number of amides is 1. The summed E-state index contributed by atoms with van der Waals surface area (Å²) < 4.78 is 11.8. The fourth-order valence-electron chi connectivity index (χ4n) is 4.27. The quantitative estimate of drug-likeness (QED) is 0.896. The first-order chi connectivity index (χ1) is 12.1. The van der Waals surface area contributed by atoms with Crippen molar-refractivity contribution < 1.29 is 14.3 Å². The molecule has 2 saturated carbocycles. The van der Waals surface area contributed by atoms with Crippen LogP contribution in [0.5, 0.6) is 11.5 Å². The van der Waals surface area contributed by atoms with E-state index in [4.69, 9.17) is 15.2 Å². The molecule has 0 aromatic heterocycles. The Balaban J connectivity index is 1.60. The van der Waals surface area contributed by atoms with Crippen LogP contribution in [0.25, 0.3) is 11.1 Å². The van der Waals surface area contributed by atoms with Crippen molar-refractivity contribution in [1.29, 1.82) is 0 Å². The van der Waals surface area contributed by atoms with Crippen LogP contribution in [-0.4, -0.2) is 19.1 Å². The first-order valence-corrected chi connectivity index (χ1v) is 8.89. The zero-order valence-corrected chi connectivity index (χ0v) is 14.4. The topological polar surface area (TPSA) is 61.5 Å². The smallest absolute Gasteiger partial charge is 0.248 e. The maximum absolute atomic E-state index is 11.2. The SMILES string of the molecule is COc1ccc(-c2ccc(C(N)=O)cc2)cc1O[C@H]1CC2CCC1C2. The second-order valence-corrected chi connectivity index (χ2v) is 7.14. The lowest BCUT2D eigenvalue weighted by atomic mass is 9.97. The highest BCUT2D eigenvalue weighted by Gasteiger charge is 2.41. The Morgan fingerprint density at radius 3 is 2.36 bits per heavy atom. The minimum absolute atomic E-state index is 0.306. The molecule has 0 aliphatic heterocycles. The van der Waals surface area contributed by atoms with E-state index in [-0.39, 0.29) is 0 Å². The molecule has 1 amide bonds. The van der Waals surface area contributed by atoms with Crippen LogP contribution >= 0.6 is 0 Å². The summed E-state index contributed by atoms with van der Waals surface area (Å²) in [6, 6.07) is 13.3. The second kappa shape index (κ2) is 6.43. The van der Waals surface area contributed by atoms with E-state index >= 15 is 0 Å². The highest BCUT2D eigenvalue weighted by molar-refractivity contribution is 5.93. The molecule has 2 aromatic carbocycles. The van der Waals surface area contributed by atoms with E-state index in [2.05, 4.69) is 0 Å². The van der Waals surface area contributed by atoms with Gasteiger partial charge in [-0.25, -0.2) is 0 Å². The van der Waals surface area contributed by atoms with Crippen LogP contribution < -0.4 is 15.2 Å². The van der Waals surface area contributed by atoms with E-state index in [0.29, 0.717) is 17.6 Å².